The molecule has 150 valence electrons. The minimum atomic E-state index is -0.236. The molecule has 6 nitrogen and oxygen atoms in total. The van der Waals surface area contributed by atoms with Crippen LogP contribution in [0.3, 0.4) is 0 Å². The molecule has 1 saturated heterocycles. The van der Waals surface area contributed by atoms with Gasteiger partial charge in [-0.15, -0.1) is 11.3 Å². The second kappa shape index (κ2) is 10.2. The summed E-state index contributed by atoms with van der Waals surface area (Å²) in [6.07, 6.45) is 0. The molecule has 0 spiro atoms. The highest BCUT2D eigenvalue weighted by Gasteiger charge is 2.14. The maximum Gasteiger partial charge on any atom is 0.261 e. The van der Waals surface area contributed by atoms with Crippen molar-refractivity contribution in [2.24, 2.45) is 0 Å². The molecule has 1 fully saturated rings. The lowest BCUT2D eigenvalue weighted by atomic mass is 10.1. The fourth-order valence-corrected chi connectivity index (χ4v) is 4.35. The SMILES string of the molecule is CN1CCN(Cc2cccc(CNC(=O)CNC(=O)c3ccc(Br)s3)c2)CC1. The molecule has 1 aliphatic rings. The smallest absolute Gasteiger partial charge is 0.261 e. The fraction of sp³-hybridized carbons (Fsp3) is 0.400. The molecule has 1 aromatic carbocycles. The van der Waals surface area contributed by atoms with Crippen molar-refractivity contribution < 1.29 is 9.59 Å². The van der Waals surface area contributed by atoms with Gasteiger partial charge in [0, 0.05) is 39.3 Å². The zero-order valence-corrected chi connectivity index (χ0v) is 18.3. The lowest BCUT2D eigenvalue weighted by Crippen LogP contribution is -2.43. The molecule has 3 rings (SSSR count). The molecule has 0 radical (unpaired) electrons. The minimum absolute atomic E-state index is 0.0324. The molecule has 0 bridgehead atoms. The Bertz CT molecular complexity index is 818. The van der Waals surface area contributed by atoms with E-state index in [9.17, 15) is 9.59 Å². The maximum atomic E-state index is 12.0. The van der Waals surface area contributed by atoms with Gasteiger partial charge in [0.25, 0.3) is 5.91 Å². The zero-order valence-electron chi connectivity index (χ0n) is 15.9. The van der Waals surface area contributed by atoms with E-state index in [-0.39, 0.29) is 18.4 Å². The van der Waals surface area contributed by atoms with E-state index in [1.807, 2.05) is 18.2 Å². The molecule has 28 heavy (non-hydrogen) atoms. The Morgan fingerprint density at radius 2 is 1.82 bits per heavy atom. The second-order valence-electron chi connectivity index (χ2n) is 6.96. The third-order valence-electron chi connectivity index (χ3n) is 4.69. The quantitative estimate of drug-likeness (QED) is 0.659. The third-order valence-corrected chi connectivity index (χ3v) is 6.31. The zero-order chi connectivity index (χ0) is 19.9. The number of thiophene rings is 1. The number of piperazine rings is 1. The van der Waals surface area contributed by atoms with Gasteiger partial charge in [-0.2, -0.15) is 0 Å². The minimum Gasteiger partial charge on any atom is -0.350 e. The van der Waals surface area contributed by atoms with Crippen LogP contribution in [-0.4, -0.2) is 61.4 Å². The van der Waals surface area contributed by atoms with Gasteiger partial charge in [-0.05, 0) is 46.2 Å². The number of nitrogens with one attached hydrogen (secondary N) is 2. The van der Waals surface area contributed by atoms with Crippen molar-refractivity contribution in [2.45, 2.75) is 13.1 Å². The van der Waals surface area contributed by atoms with Gasteiger partial charge in [0.15, 0.2) is 0 Å². The molecule has 0 saturated carbocycles. The molecule has 0 unspecified atom stereocenters. The largest absolute Gasteiger partial charge is 0.350 e. The standard InChI is InChI=1S/C20H25BrN4O2S/c1-24-7-9-25(10-8-24)14-16-4-2-3-15(11-16)12-22-19(26)13-23-20(27)17-5-6-18(21)28-17/h2-6,11H,7-10,12-14H2,1H3,(H,22,26)(H,23,27). The topological polar surface area (TPSA) is 64.7 Å². The van der Waals surface area contributed by atoms with Crippen molar-refractivity contribution in [3.05, 3.63) is 56.2 Å². The van der Waals surface area contributed by atoms with Gasteiger partial charge in [-0.25, -0.2) is 0 Å². The predicted octanol–water partition coefficient (Wildman–Crippen LogP) is 2.30. The number of hydrogen-bond acceptors (Lipinski definition) is 5. The molecule has 8 heteroatoms. The first-order valence-electron chi connectivity index (χ1n) is 9.28. The number of amides is 2. The Hall–Kier alpha value is -1.74. The number of benzene rings is 1. The predicted molar refractivity (Wildman–Crippen MR) is 115 cm³/mol. The first-order valence-corrected chi connectivity index (χ1v) is 10.9. The molecule has 2 aromatic rings. The average Bonchev–Trinajstić information content (AvgIpc) is 3.13. The van der Waals surface area contributed by atoms with Gasteiger partial charge in [-0.3, -0.25) is 14.5 Å². The normalized spacial score (nSPS) is 15.4. The van der Waals surface area contributed by atoms with Crippen LogP contribution in [0.15, 0.2) is 40.2 Å². The summed E-state index contributed by atoms with van der Waals surface area (Å²) in [7, 11) is 2.16. The van der Waals surface area contributed by atoms with Crippen LogP contribution in [0, 0.1) is 0 Å². The van der Waals surface area contributed by atoms with Crippen LogP contribution < -0.4 is 10.6 Å². The second-order valence-corrected chi connectivity index (χ2v) is 9.43. The van der Waals surface area contributed by atoms with E-state index in [4.69, 9.17) is 0 Å². The van der Waals surface area contributed by atoms with Crippen molar-refractivity contribution in [1.29, 1.82) is 0 Å². The third kappa shape index (κ3) is 6.41. The van der Waals surface area contributed by atoms with Crippen LogP contribution in [0.1, 0.15) is 20.8 Å². The summed E-state index contributed by atoms with van der Waals surface area (Å²) < 4.78 is 0.888. The Balaban J connectivity index is 1.42. The summed E-state index contributed by atoms with van der Waals surface area (Å²) in [6, 6.07) is 11.9. The first-order chi connectivity index (χ1) is 13.5. The van der Waals surface area contributed by atoms with E-state index in [0.717, 1.165) is 42.1 Å². The molecular formula is C20H25BrN4O2S. The van der Waals surface area contributed by atoms with Crippen LogP contribution in [0.5, 0.6) is 0 Å². The summed E-state index contributed by atoms with van der Waals surface area (Å²) in [5.74, 6) is -0.437. The van der Waals surface area contributed by atoms with E-state index >= 15 is 0 Å². The van der Waals surface area contributed by atoms with E-state index in [0.29, 0.717) is 11.4 Å². The van der Waals surface area contributed by atoms with Crippen molar-refractivity contribution in [3.63, 3.8) is 0 Å². The van der Waals surface area contributed by atoms with Crippen LogP contribution in [-0.2, 0) is 17.9 Å². The number of rotatable bonds is 7. The van der Waals surface area contributed by atoms with Crippen LogP contribution in [0.25, 0.3) is 0 Å². The van der Waals surface area contributed by atoms with Crippen molar-refractivity contribution in [1.82, 2.24) is 20.4 Å². The number of likely N-dealkylation sites (N-methyl/N-ethyl adjacent to an activating group) is 1. The average molecular weight is 465 g/mol. The highest BCUT2D eigenvalue weighted by atomic mass is 79.9. The number of carbonyl (C=O) groups excluding carboxylic acids is 2. The van der Waals surface area contributed by atoms with Gasteiger partial charge in [-0.1, -0.05) is 24.3 Å². The molecule has 1 aliphatic heterocycles. The summed E-state index contributed by atoms with van der Waals surface area (Å²) in [6.45, 7) is 5.72. The Morgan fingerprint density at radius 1 is 1.07 bits per heavy atom. The van der Waals surface area contributed by atoms with Crippen LogP contribution >= 0.6 is 27.3 Å². The van der Waals surface area contributed by atoms with E-state index in [1.165, 1.54) is 16.9 Å². The van der Waals surface area contributed by atoms with Crippen molar-refractivity contribution >= 4 is 39.1 Å². The summed E-state index contributed by atoms with van der Waals surface area (Å²) in [5, 5.41) is 5.51. The Labute approximate surface area is 178 Å². The molecule has 2 amide bonds. The number of halogens is 1. The van der Waals surface area contributed by atoms with Crippen LogP contribution in [0.2, 0.25) is 0 Å². The molecule has 0 aliphatic carbocycles. The lowest BCUT2D eigenvalue weighted by Gasteiger charge is -2.32. The Morgan fingerprint density at radius 3 is 2.54 bits per heavy atom. The monoisotopic (exact) mass is 464 g/mol. The first kappa shape index (κ1) is 21.0. The number of nitrogens with zero attached hydrogens (tertiary/aromatic N) is 2. The van der Waals surface area contributed by atoms with E-state index in [2.05, 4.69) is 55.5 Å². The fourth-order valence-electron chi connectivity index (χ4n) is 3.05. The van der Waals surface area contributed by atoms with Gasteiger partial charge in [0.05, 0.1) is 15.2 Å². The van der Waals surface area contributed by atoms with Crippen LogP contribution in [0.4, 0.5) is 0 Å². The summed E-state index contributed by atoms with van der Waals surface area (Å²) >= 11 is 4.66. The highest BCUT2D eigenvalue weighted by molar-refractivity contribution is 9.11. The van der Waals surface area contributed by atoms with E-state index in [1.54, 1.807) is 6.07 Å². The lowest BCUT2D eigenvalue weighted by molar-refractivity contribution is -0.120. The van der Waals surface area contributed by atoms with E-state index < -0.39 is 0 Å². The molecule has 2 N–H and O–H groups in total. The molecular weight excluding hydrogens is 440 g/mol. The van der Waals surface area contributed by atoms with Gasteiger partial charge in [0.2, 0.25) is 5.91 Å². The highest BCUT2D eigenvalue weighted by Crippen LogP contribution is 2.21. The van der Waals surface area contributed by atoms with Crippen molar-refractivity contribution in [3.8, 4) is 0 Å². The van der Waals surface area contributed by atoms with Gasteiger partial charge >= 0.3 is 0 Å². The summed E-state index contributed by atoms with van der Waals surface area (Å²) in [5.41, 5.74) is 2.32. The molecule has 0 atom stereocenters. The maximum absolute atomic E-state index is 12.0. The molecule has 1 aromatic heterocycles. The number of carbonyl (C=O) groups is 2. The molecule has 2 heterocycles. The Kier molecular flexibility index (Phi) is 7.61. The van der Waals surface area contributed by atoms with Gasteiger partial charge < -0.3 is 15.5 Å². The number of hydrogen-bond donors (Lipinski definition) is 2. The van der Waals surface area contributed by atoms with Gasteiger partial charge in [0.1, 0.15) is 0 Å². The summed E-state index contributed by atoms with van der Waals surface area (Å²) in [4.78, 5) is 29.4. The van der Waals surface area contributed by atoms with Crippen molar-refractivity contribution in [2.75, 3.05) is 39.8 Å².